The van der Waals surface area contributed by atoms with Crippen LogP contribution in [-0.2, 0) is 6.54 Å². The number of aryl methyl sites for hydroxylation is 1. The molecule has 0 heterocycles. The van der Waals surface area contributed by atoms with E-state index < -0.39 is 6.10 Å². The smallest absolute Gasteiger partial charge is 0.0916 e. The van der Waals surface area contributed by atoms with Crippen molar-refractivity contribution in [1.29, 1.82) is 0 Å². The van der Waals surface area contributed by atoms with Crippen molar-refractivity contribution in [2.45, 2.75) is 19.6 Å². The van der Waals surface area contributed by atoms with E-state index in [-0.39, 0.29) is 0 Å². The van der Waals surface area contributed by atoms with Crippen LogP contribution in [0.25, 0.3) is 0 Å². The van der Waals surface area contributed by atoms with Crippen LogP contribution in [-0.4, -0.2) is 23.6 Å². The summed E-state index contributed by atoms with van der Waals surface area (Å²) in [5.74, 6) is 0. The maximum Gasteiger partial charge on any atom is 0.0916 e. The predicted octanol–water partition coefficient (Wildman–Crippen LogP) is 2.74. The van der Waals surface area contributed by atoms with Gasteiger partial charge in [-0.15, -0.1) is 0 Å². The molecule has 0 radical (unpaired) electrons. The third-order valence-corrected chi connectivity index (χ3v) is 3.38. The van der Waals surface area contributed by atoms with Gasteiger partial charge in [-0.05, 0) is 37.2 Å². The summed E-state index contributed by atoms with van der Waals surface area (Å²) in [5, 5.41) is 10.2. The summed E-state index contributed by atoms with van der Waals surface area (Å²) >= 11 is 0. The fourth-order valence-electron chi connectivity index (χ4n) is 2.19. The first-order valence-corrected chi connectivity index (χ1v) is 6.82. The van der Waals surface area contributed by atoms with Crippen molar-refractivity contribution in [3.63, 3.8) is 0 Å². The molecule has 0 spiro atoms. The number of nitrogen functional groups attached to an aromatic ring is 1. The monoisotopic (exact) mass is 270 g/mol. The number of aliphatic hydroxyl groups is 1. The topological polar surface area (TPSA) is 49.5 Å². The van der Waals surface area contributed by atoms with Crippen LogP contribution in [0, 0.1) is 6.92 Å². The van der Waals surface area contributed by atoms with Crippen molar-refractivity contribution in [2.75, 3.05) is 19.3 Å². The van der Waals surface area contributed by atoms with E-state index in [2.05, 4.69) is 36.1 Å². The first kappa shape index (κ1) is 14.6. The molecule has 3 nitrogen and oxygen atoms in total. The highest BCUT2D eigenvalue weighted by Gasteiger charge is 2.10. The summed E-state index contributed by atoms with van der Waals surface area (Å²) in [5.41, 5.74) is 9.78. The minimum atomic E-state index is -0.494. The van der Waals surface area contributed by atoms with Crippen LogP contribution in [0.3, 0.4) is 0 Å². The molecule has 0 aromatic heterocycles. The van der Waals surface area contributed by atoms with Gasteiger partial charge in [0, 0.05) is 18.8 Å². The van der Waals surface area contributed by atoms with Gasteiger partial charge in [-0.2, -0.15) is 0 Å². The van der Waals surface area contributed by atoms with E-state index in [0.29, 0.717) is 12.2 Å². The number of likely N-dealkylation sites (N-methyl/N-ethyl adjacent to an activating group) is 1. The van der Waals surface area contributed by atoms with Crippen molar-refractivity contribution >= 4 is 5.69 Å². The van der Waals surface area contributed by atoms with Gasteiger partial charge in [0.2, 0.25) is 0 Å². The minimum Gasteiger partial charge on any atom is -0.399 e. The molecular formula is C17H22N2O. The molecule has 106 valence electrons. The van der Waals surface area contributed by atoms with E-state index in [9.17, 15) is 5.11 Å². The summed E-state index contributed by atoms with van der Waals surface area (Å²) in [6, 6.07) is 15.9. The minimum absolute atomic E-state index is 0.494. The van der Waals surface area contributed by atoms with Crippen molar-refractivity contribution in [3.8, 4) is 0 Å². The van der Waals surface area contributed by atoms with E-state index >= 15 is 0 Å². The van der Waals surface area contributed by atoms with E-state index in [4.69, 9.17) is 5.73 Å². The SMILES string of the molecule is Cc1ccc(CN(C)CC(O)c2ccc(N)cc2)cc1. The second-order valence-corrected chi connectivity index (χ2v) is 5.36. The Hall–Kier alpha value is -1.84. The average Bonchev–Trinajstić information content (AvgIpc) is 2.42. The largest absolute Gasteiger partial charge is 0.399 e. The summed E-state index contributed by atoms with van der Waals surface area (Å²) in [4.78, 5) is 2.12. The zero-order valence-corrected chi connectivity index (χ0v) is 12.1. The number of nitrogens with zero attached hydrogens (tertiary/aromatic N) is 1. The van der Waals surface area contributed by atoms with Crippen molar-refractivity contribution in [2.24, 2.45) is 0 Å². The summed E-state index contributed by atoms with van der Waals surface area (Å²) in [6.07, 6.45) is -0.494. The van der Waals surface area contributed by atoms with E-state index in [1.165, 1.54) is 11.1 Å². The van der Waals surface area contributed by atoms with Crippen LogP contribution in [0.1, 0.15) is 22.8 Å². The number of aliphatic hydroxyl groups excluding tert-OH is 1. The zero-order chi connectivity index (χ0) is 14.5. The fourth-order valence-corrected chi connectivity index (χ4v) is 2.19. The van der Waals surface area contributed by atoms with Crippen molar-refractivity contribution in [1.82, 2.24) is 4.90 Å². The number of hydrogen-bond donors (Lipinski definition) is 2. The van der Waals surface area contributed by atoms with Gasteiger partial charge in [0.25, 0.3) is 0 Å². The van der Waals surface area contributed by atoms with E-state index in [0.717, 1.165) is 12.1 Å². The molecule has 0 amide bonds. The highest BCUT2D eigenvalue weighted by molar-refractivity contribution is 5.39. The quantitative estimate of drug-likeness (QED) is 0.821. The third-order valence-electron chi connectivity index (χ3n) is 3.38. The first-order valence-electron chi connectivity index (χ1n) is 6.82. The lowest BCUT2D eigenvalue weighted by atomic mass is 10.1. The molecule has 0 fully saturated rings. The Morgan fingerprint density at radius 2 is 1.65 bits per heavy atom. The maximum absolute atomic E-state index is 10.2. The van der Waals surface area contributed by atoms with E-state index in [1.807, 2.05) is 31.3 Å². The number of nitrogens with two attached hydrogens (primary N) is 1. The highest BCUT2D eigenvalue weighted by Crippen LogP contribution is 2.16. The Kier molecular flexibility index (Phi) is 4.77. The molecule has 2 rings (SSSR count). The number of rotatable bonds is 5. The number of benzene rings is 2. The number of anilines is 1. The van der Waals surface area contributed by atoms with Crippen molar-refractivity contribution in [3.05, 3.63) is 65.2 Å². The number of hydrogen-bond acceptors (Lipinski definition) is 3. The molecular weight excluding hydrogens is 248 g/mol. The Balaban J connectivity index is 1.92. The van der Waals surface area contributed by atoms with Gasteiger partial charge in [-0.3, -0.25) is 4.90 Å². The second-order valence-electron chi connectivity index (χ2n) is 5.36. The summed E-state index contributed by atoms with van der Waals surface area (Å²) in [6.45, 7) is 3.50. The predicted molar refractivity (Wildman–Crippen MR) is 83.3 cm³/mol. The van der Waals surface area contributed by atoms with Crippen molar-refractivity contribution < 1.29 is 5.11 Å². The van der Waals surface area contributed by atoms with E-state index in [1.54, 1.807) is 0 Å². The second kappa shape index (κ2) is 6.55. The van der Waals surface area contributed by atoms with Gasteiger partial charge in [-0.1, -0.05) is 42.0 Å². The molecule has 3 N–H and O–H groups in total. The van der Waals surface area contributed by atoms with Gasteiger partial charge in [-0.25, -0.2) is 0 Å². The van der Waals surface area contributed by atoms with Crippen LogP contribution in [0.2, 0.25) is 0 Å². The van der Waals surface area contributed by atoms with Crippen LogP contribution < -0.4 is 5.73 Å². The highest BCUT2D eigenvalue weighted by atomic mass is 16.3. The van der Waals surface area contributed by atoms with Crippen LogP contribution in [0.15, 0.2) is 48.5 Å². The Bertz CT molecular complexity index is 534. The lowest BCUT2D eigenvalue weighted by molar-refractivity contribution is 0.124. The van der Waals surface area contributed by atoms with Crippen LogP contribution >= 0.6 is 0 Å². The van der Waals surface area contributed by atoms with Crippen LogP contribution in [0.5, 0.6) is 0 Å². The molecule has 20 heavy (non-hydrogen) atoms. The van der Waals surface area contributed by atoms with Gasteiger partial charge in [0.05, 0.1) is 6.10 Å². The Morgan fingerprint density at radius 1 is 1.05 bits per heavy atom. The lowest BCUT2D eigenvalue weighted by Gasteiger charge is -2.21. The fraction of sp³-hybridized carbons (Fsp3) is 0.294. The molecule has 1 unspecified atom stereocenters. The van der Waals surface area contributed by atoms with Gasteiger partial charge >= 0.3 is 0 Å². The third kappa shape index (κ3) is 4.08. The molecule has 2 aromatic carbocycles. The molecule has 1 atom stereocenters. The molecule has 0 aliphatic heterocycles. The molecule has 0 aliphatic rings. The Labute approximate surface area is 120 Å². The standard InChI is InChI=1S/C17H22N2O/c1-13-3-5-14(6-4-13)11-19(2)12-17(20)15-7-9-16(18)10-8-15/h3-10,17,20H,11-12,18H2,1-2H3. The molecule has 0 bridgehead atoms. The molecule has 3 heteroatoms. The van der Waals surface area contributed by atoms with Gasteiger partial charge < -0.3 is 10.8 Å². The lowest BCUT2D eigenvalue weighted by Crippen LogP contribution is -2.24. The van der Waals surface area contributed by atoms with Crippen LogP contribution in [0.4, 0.5) is 5.69 Å². The van der Waals surface area contributed by atoms with Gasteiger partial charge in [0.15, 0.2) is 0 Å². The normalized spacial score (nSPS) is 12.6. The first-order chi connectivity index (χ1) is 9.54. The summed E-state index contributed by atoms with van der Waals surface area (Å²) < 4.78 is 0. The van der Waals surface area contributed by atoms with Gasteiger partial charge in [0.1, 0.15) is 0 Å². The zero-order valence-electron chi connectivity index (χ0n) is 12.1. The molecule has 2 aromatic rings. The molecule has 0 saturated carbocycles. The summed E-state index contributed by atoms with van der Waals surface area (Å²) in [7, 11) is 2.01. The average molecular weight is 270 g/mol. The molecule has 0 saturated heterocycles. The Morgan fingerprint density at radius 3 is 2.25 bits per heavy atom. The maximum atomic E-state index is 10.2. The molecule has 0 aliphatic carbocycles.